The first kappa shape index (κ1) is 13.2. The van der Waals surface area contributed by atoms with E-state index in [0.717, 1.165) is 15.0 Å². The van der Waals surface area contributed by atoms with E-state index in [0.29, 0.717) is 6.54 Å². The second-order valence-electron chi connectivity index (χ2n) is 3.47. The monoisotopic (exact) mass is 334 g/mol. The molecular weight excluding hydrogens is 319 g/mol. The molecule has 1 unspecified atom stereocenters. The van der Waals surface area contributed by atoms with Gasteiger partial charge in [0.1, 0.15) is 5.75 Å². The molecule has 88 valence electrons. The summed E-state index contributed by atoms with van der Waals surface area (Å²) in [5, 5.41) is 2.83. The summed E-state index contributed by atoms with van der Waals surface area (Å²) < 4.78 is 6.07. The highest BCUT2D eigenvalue weighted by atomic mass is 127. The molecule has 3 N–H and O–H groups in total. The van der Waals surface area contributed by atoms with Gasteiger partial charge < -0.3 is 15.8 Å². The number of rotatable bonds is 4. The quantitative estimate of drug-likeness (QED) is 0.826. The summed E-state index contributed by atoms with van der Waals surface area (Å²) in [6, 6.07) is 5.54. The first-order valence-electron chi connectivity index (χ1n) is 4.93. The summed E-state index contributed by atoms with van der Waals surface area (Å²) in [6.45, 7) is 2.13. The number of anilines is 1. The lowest BCUT2D eigenvalue weighted by atomic mass is 10.1. The Labute approximate surface area is 109 Å². The van der Waals surface area contributed by atoms with Crippen molar-refractivity contribution in [3.63, 3.8) is 0 Å². The van der Waals surface area contributed by atoms with Crippen LogP contribution in [-0.4, -0.2) is 19.6 Å². The Morgan fingerprint density at radius 2 is 2.31 bits per heavy atom. The molecule has 0 radical (unpaired) electrons. The largest absolute Gasteiger partial charge is 0.497 e. The summed E-state index contributed by atoms with van der Waals surface area (Å²) in [7, 11) is 1.59. The minimum atomic E-state index is -0.193. The molecule has 0 aliphatic heterocycles. The fraction of sp³-hybridized carbons (Fsp3) is 0.364. The second kappa shape index (κ2) is 6.05. The number of carbonyl (C=O) groups is 1. The van der Waals surface area contributed by atoms with Gasteiger partial charge >= 0.3 is 0 Å². The highest BCUT2D eigenvalue weighted by Crippen LogP contribution is 2.24. The maximum absolute atomic E-state index is 11.7. The Balaban J connectivity index is 2.83. The molecular formula is C11H15IN2O2. The van der Waals surface area contributed by atoms with Crippen LogP contribution in [0.4, 0.5) is 5.69 Å². The summed E-state index contributed by atoms with van der Waals surface area (Å²) in [6.07, 6.45) is 0. The third-order valence-corrected chi connectivity index (χ3v) is 3.17. The fourth-order valence-corrected chi connectivity index (χ4v) is 1.56. The van der Waals surface area contributed by atoms with Gasteiger partial charge in [0.15, 0.2) is 0 Å². The van der Waals surface area contributed by atoms with Crippen LogP contribution in [0.25, 0.3) is 0 Å². The van der Waals surface area contributed by atoms with Crippen LogP contribution >= 0.6 is 22.6 Å². The molecule has 0 fully saturated rings. The number of hydrogen-bond donors (Lipinski definition) is 2. The zero-order chi connectivity index (χ0) is 12.1. The topological polar surface area (TPSA) is 64.3 Å². The normalized spacial score (nSPS) is 12.0. The van der Waals surface area contributed by atoms with Gasteiger partial charge in [0.25, 0.3) is 0 Å². The van der Waals surface area contributed by atoms with Crippen LogP contribution in [0.1, 0.15) is 6.92 Å². The molecule has 0 aliphatic carbocycles. The van der Waals surface area contributed by atoms with Crippen LogP contribution in [0.3, 0.4) is 0 Å². The van der Waals surface area contributed by atoms with Crippen molar-refractivity contribution in [1.82, 2.24) is 0 Å². The van der Waals surface area contributed by atoms with Crippen LogP contribution < -0.4 is 15.8 Å². The number of ether oxygens (including phenoxy) is 1. The number of nitrogens with one attached hydrogen (secondary N) is 1. The van der Waals surface area contributed by atoms with E-state index in [2.05, 4.69) is 27.9 Å². The molecule has 1 aromatic rings. The maximum atomic E-state index is 11.7. The van der Waals surface area contributed by atoms with E-state index in [4.69, 9.17) is 10.5 Å². The van der Waals surface area contributed by atoms with E-state index in [1.807, 2.05) is 12.1 Å². The first-order chi connectivity index (χ1) is 7.58. The Morgan fingerprint density at radius 3 is 2.88 bits per heavy atom. The molecule has 1 aromatic carbocycles. The van der Waals surface area contributed by atoms with E-state index in [-0.39, 0.29) is 11.8 Å². The molecule has 0 saturated carbocycles. The lowest BCUT2D eigenvalue weighted by Crippen LogP contribution is -2.26. The van der Waals surface area contributed by atoms with Crippen LogP contribution in [0.15, 0.2) is 18.2 Å². The predicted molar refractivity (Wildman–Crippen MR) is 72.6 cm³/mol. The Kier molecular flexibility index (Phi) is 5.01. The minimum Gasteiger partial charge on any atom is -0.497 e. The summed E-state index contributed by atoms with van der Waals surface area (Å²) in [5.74, 6) is 0.451. The van der Waals surface area contributed by atoms with Crippen LogP contribution in [0.5, 0.6) is 5.75 Å². The van der Waals surface area contributed by atoms with Crippen molar-refractivity contribution in [3.8, 4) is 5.75 Å². The third-order valence-electron chi connectivity index (χ3n) is 2.23. The standard InChI is InChI=1S/C11H15IN2O2/c1-7(6-13)11(15)14-10-5-8(16-2)3-4-9(10)12/h3-5,7H,6,13H2,1-2H3,(H,14,15). The zero-order valence-electron chi connectivity index (χ0n) is 9.29. The highest BCUT2D eigenvalue weighted by molar-refractivity contribution is 14.1. The number of nitrogens with two attached hydrogens (primary N) is 1. The number of carbonyl (C=O) groups excluding carboxylic acids is 1. The van der Waals surface area contributed by atoms with Gasteiger partial charge in [-0.1, -0.05) is 6.92 Å². The van der Waals surface area contributed by atoms with Gasteiger partial charge in [-0.05, 0) is 34.7 Å². The van der Waals surface area contributed by atoms with Gasteiger partial charge in [-0.25, -0.2) is 0 Å². The van der Waals surface area contributed by atoms with Crippen LogP contribution in [0.2, 0.25) is 0 Å². The van der Waals surface area contributed by atoms with E-state index < -0.39 is 0 Å². The average Bonchev–Trinajstić information content (AvgIpc) is 2.30. The number of methoxy groups -OCH3 is 1. The molecule has 0 aromatic heterocycles. The van der Waals surface area contributed by atoms with Gasteiger partial charge in [0.2, 0.25) is 5.91 Å². The van der Waals surface area contributed by atoms with Crippen molar-refractivity contribution in [2.24, 2.45) is 11.7 Å². The van der Waals surface area contributed by atoms with Crippen molar-refractivity contribution in [1.29, 1.82) is 0 Å². The van der Waals surface area contributed by atoms with Gasteiger partial charge in [-0.2, -0.15) is 0 Å². The summed E-state index contributed by atoms with van der Waals surface area (Å²) in [4.78, 5) is 11.7. The first-order valence-corrected chi connectivity index (χ1v) is 6.00. The fourth-order valence-electron chi connectivity index (χ4n) is 1.09. The SMILES string of the molecule is COc1ccc(I)c(NC(=O)C(C)CN)c1. The lowest BCUT2D eigenvalue weighted by Gasteiger charge is -2.12. The number of amides is 1. The number of halogens is 1. The lowest BCUT2D eigenvalue weighted by molar-refractivity contribution is -0.119. The van der Waals surface area contributed by atoms with Gasteiger partial charge in [0.05, 0.1) is 12.8 Å². The third kappa shape index (κ3) is 3.34. The van der Waals surface area contributed by atoms with Crippen molar-refractivity contribution >= 4 is 34.2 Å². The molecule has 0 aliphatic rings. The van der Waals surface area contributed by atoms with Crippen molar-refractivity contribution in [3.05, 3.63) is 21.8 Å². The van der Waals surface area contributed by atoms with Crippen LogP contribution in [0, 0.1) is 9.49 Å². The van der Waals surface area contributed by atoms with E-state index >= 15 is 0 Å². The number of hydrogen-bond acceptors (Lipinski definition) is 3. The summed E-state index contributed by atoms with van der Waals surface area (Å²) in [5.41, 5.74) is 6.19. The maximum Gasteiger partial charge on any atom is 0.228 e. The van der Waals surface area contributed by atoms with Gasteiger partial charge in [0, 0.05) is 22.1 Å². The zero-order valence-corrected chi connectivity index (χ0v) is 11.4. The van der Waals surface area contributed by atoms with E-state index in [1.165, 1.54) is 0 Å². The second-order valence-corrected chi connectivity index (χ2v) is 4.63. The van der Waals surface area contributed by atoms with Crippen LogP contribution in [-0.2, 0) is 4.79 Å². The smallest absolute Gasteiger partial charge is 0.228 e. The minimum absolute atomic E-state index is 0.0753. The van der Waals surface area contributed by atoms with Gasteiger partial charge in [-0.15, -0.1) is 0 Å². The number of benzene rings is 1. The molecule has 1 rings (SSSR count). The summed E-state index contributed by atoms with van der Waals surface area (Å²) >= 11 is 2.16. The molecule has 1 amide bonds. The average molecular weight is 334 g/mol. The van der Waals surface area contributed by atoms with E-state index in [9.17, 15) is 4.79 Å². The van der Waals surface area contributed by atoms with E-state index in [1.54, 1.807) is 20.1 Å². The molecule has 1 atom stereocenters. The molecule has 4 nitrogen and oxygen atoms in total. The molecule has 5 heteroatoms. The van der Waals surface area contributed by atoms with Crippen molar-refractivity contribution in [2.45, 2.75) is 6.92 Å². The molecule has 0 saturated heterocycles. The predicted octanol–water partition coefficient (Wildman–Crippen LogP) is 1.83. The molecule has 0 heterocycles. The molecule has 0 spiro atoms. The van der Waals surface area contributed by atoms with Gasteiger partial charge in [-0.3, -0.25) is 4.79 Å². The van der Waals surface area contributed by atoms with Crippen molar-refractivity contribution in [2.75, 3.05) is 19.0 Å². The Morgan fingerprint density at radius 1 is 1.62 bits per heavy atom. The highest BCUT2D eigenvalue weighted by Gasteiger charge is 2.12. The Bertz CT molecular complexity index is 382. The molecule has 16 heavy (non-hydrogen) atoms. The molecule has 0 bridgehead atoms. The van der Waals surface area contributed by atoms with Crippen molar-refractivity contribution < 1.29 is 9.53 Å². The Hall–Kier alpha value is -0.820.